The summed E-state index contributed by atoms with van der Waals surface area (Å²) in [5.41, 5.74) is 1.22. The van der Waals surface area contributed by atoms with E-state index in [1.165, 1.54) is 12.1 Å². The van der Waals surface area contributed by atoms with E-state index < -0.39 is 5.82 Å². The second-order valence-corrected chi connectivity index (χ2v) is 5.10. The SMILES string of the molecule is CCOc1c(F)cccc1C(=O)N(CC)[C@H](C)c1ccncc1. The fourth-order valence-electron chi connectivity index (χ4n) is 2.54. The largest absolute Gasteiger partial charge is 0.490 e. The first kappa shape index (κ1) is 16.9. The van der Waals surface area contributed by atoms with Gasteiger partial charge >= 0.3 is 0 Å². The topological polar surface area (TPSA) is 42.4 Å². The smallest absolute Gasteiger partial charge is 0.258 e. The quantitative estimate of drug-likeness (QED) is 0.813. The number of pyridine rings is 1. The number of nitrogens with zero attached hydrogens (tertiary/aromatic N) is 2. The second-order valence-electron chi connectivity index (χ2n) is 5.10. The minimum Gasteiger partial charge on any atom is -0.490 e. The molecule has 23 heavy (non-hydrogen) atoms. The molecule has 0 N–H and O–H groups in total. The van der Waals surface area contributed by atoms with Crippen LogP contribution < -0.4 is 4.74 Å². The van der Waals surface area contributed by atoms with Crippen molar-refractivity contribution in [2.45, 2.75) is 26.8 Å². The molecule has 2 aromatic rings. The van der Waals surface area contributed by atoms with E-state index in [1.54, 1.807) is 30.3 Å². The van der Waals surface area contributed by atoms with Crippen molar-refractivity contribution in [1.82, 2.24) is 9.88 Å². The normalized spacial score (nSPS) is 11.8. The molecule has 1 aromatic carbocycles. The summed E-state index contributed by atoms with van der Waals surface area (Å²) < 4.78 is 19.3. The van der Waals surface area contributed by atoms with Crippen molar-refractivity contribution in [3.05, 3.63) is 59.7 Å². The molecule has 2 rings (SSSR count). The monoisotopic (exact) mass is 316 g/mol. The highest BCUT2D eigenvalue weighted by molar-refractivity contribution is 5.97. The summed E-state index contributed by atoms with van der Waals surface area (Å²) in [6.45, 7) is 6.40. The predicted octanol–water partition coefficient (Wildman–Crippen LogP) is 3.84. The Bertz CT molecular complexity index is 661. The average molecular weight is 316 g/mol. The Morgan fingerprint density at radius 1 is 1.26 bits per heavy atom. The lowest BCUT2D eigenvalue weighted by Gasteiger charge is -2.29. The van der Waals surface area contributed by atoms with E-state index >= 15 is 0 Å². The molecular formula is C18H21FN2O2. The molecule has 0 spiro atoms. The molecular weight excluding hydrogens is 295 g/mol. The van der Waals surface area contributed by atoms with Gasteiger partial charge in [-0.2, -0.15) is 0 Å². The summed E-state index contributed by atoms with van der Waals surface area (Å²) in [4.78, 5) is 18.6. The number of para-hydroxylation sites is 1. The number of hydrogen-bond acceptors (Lipinski definition) is 3. The van der Waals surface area contributed by atoms with Gasteiger partial charge in [0.2, 0.25) is 0 Å². The standard InChI is InChI=1S/C18H21FN2O2/c1-4-21(13(3)14-9-11-20-12-10-14)18(22)15-7-6-8-16(19)17(15)23-5-2/h6-13H,4-5H2,1-3H3/t13-/m1/s1. The number of hydrogen-bond donors (Lipinski definition) is 0. The highest BCUT2D eigenvalue weighted by atomic mass is 19.1. The Labute approximate surface area is 135 Å². The van der Waals surface area contributed by atoms with Crippen molar-refractivity contribution in [3.63, 3.8) is 0 Å². The van der Waals surface area contributed by atoms with E-state index in [0.29, 0.717) is 13.2 Å². The number of carbonyl (C=O) groups is 1. The fourth-order valence-corrected chi connectivity index (χ4v) is 2.54. The predicted molar refractivity (Wildman–Crippen MR) is 86.9 cm³/mol. The minimum atomic E-state index is -0.523. The van der Waals surface area contributed by atoms with E-state index in [2.05, 4.69) is 4.98 Å². The van der Waals surface area contributed by atoms with Crippen LogP contribution in [0.25, 0.3) is 0 Å². The van der Waals surface area contributed by atoms with Crippen LogP contribution in [0.3, 0.4) is 0 Å². The van der Waals surface area contributed by atoms with Crippen molar-refractivity contribution >= 4 is 5.91 Å². The van der Waals surface area contributed by atoms with E-state index in [4.69, 9.17) is 4.74 Å². The van der Waals surface area contributed by atoms with E-state index in [-0.39, 0.29) is 23.3 Å². The molecule has 1 atom stereocenters. The number of benzene rings is 1. The third-order valence-corrected chi connectivity index (χ3v) is 3.74. The Balaban J connectivity index is 2.36. The van der Waals surface area contributed by atoms with Crippen molar-refractivity contribution in [1.29, 1.82) is 0 Å². The van der Waals surface area contributed by atoms with Crippen LogP contribution in [0.2, 0.25) is 0 Å². The van der Waals surface area contributed by atoms with Crippen molar-refractivity contribution in [2.24, 2.45) is 0 Å². The molecule has 122 valence electrons. The summed E-state index contributed by atoms with van der Waals surface area (Å²) in [5.74, 6) is -0.759. The Morgan fingerprint density at radius 3 is 2.57 bits per heavy atom. The molecule has 0 aliphatic heterocycles. The van der Waals surface area contributed by atoms with Crippen molar-refractivity contribution in [3.8, 4) is 5.75 Å². The number of amides is 1. The molecule has 0 unspecified atom stereocenters. The minimum absolute atomic E-state index is 0.0142. The zero-order chi connectivity index (χ0) is 16.8. The number of rotatable bonds is 6. The highest BCUT2D eigenvalue weighted by Gasteiger charge is 2.25. The van der Waals surface area contributed by atoms with Gasteiger partial charge in [-0.3, -0.25) is 9.78 Å². The maximum absolute atomic E-state index is 14.0. The van der Waals surface area contributed by atoms with Crippen LogP contribution in [0.4, 0.5) is 4.39 Å². The third-order valence-electron chi connectivity index (χ3n) is 3.74. The van der Waals surface area contributed by atoms with E-state index in [1.807, 2.05) is 26.0 Å². The van der Waals surface area contributed by atoms with Gasteiger partial charge in [0.25, 0.3) is 5.91 Å². The Hall–Kier alpha value is -2.43. The number of carbonyl (C=O) groups excluding carboxylic acids is 1. The van der Waals surface area contributed by atoms with Crippen LogP contribution in [-0.4, -0.2) is 28.9 Å². The summed E-state index contributed by atoms with van der Waals surface area (Å²) in [6.07, 6.45) is 3.38. The Morgan fingerprint density at radius 2 is 1.96 bits per heavy atom. The zero-order valence-electron chi connectivity index (χ0n) is 13.6. The van der Waals surface area contributed by atoms with Gasteiger partial charge in [0, 0.05) is 18.9 Å². The van der Waals surface area contributed by atoms with Gasteiger partial charge in [0.05, 0.1) is 18.2 Å². The van der Waals surface area contributed by atoms with Gasteiger partial charge in [-0.05, 0) is 50.6 Å². The molecule has 0 saturated carbocycles. The summed E-state index contributed by atoms with van der Waals surface area (Å²) >= 11 is 0. The van der Waals surface area contributed by atoms with Crippen LogP contribution >= 0.6 is 0 Å². The average Bonchev–Trinajstić information content (AvgIpc) is 2.58. The maximum atomic E-state index is 14.0. The molecule has 0 radical (unpaired) electrons. The number of aromatic nitrogens is 1. The first-order valence-corrected chi connectivity index (χ1v) is 7.72. The molecule has 0 aliphatic carbocycles. The first-order valence-electron chi connectivity index (χ1n) is 7.72. The van der Waals surface area contributed by atoms with Crippen LogP contribution in [0.1, 0.15) is 42.7 Å². The van der Waals surface area contributed by atoms with E-state index in [0.717, 1.165) is 5.56 Å². The second kappa shape index (κ2) is 7.72. The lowest BCUT2D eigenvalue weighted by molar-refractivity contribution is 0.0697. The zero-order valence-corrected chi connectivity index (χ0v) is 13.6. The molecule has 0 saturated heterocycles. The lowest BCUT2D eigenvalue weighted by atomic mass is 10.1. The van der Waals surface area contributed by atoms with Gasteiger partial charge in [-0.15, -0.1) is 0 Å². The summed E-state index contributed by atoms with van der Waals surface area (Å²) in [6, 6.07) is 8.01. The van der Waals surface area contributed by atoms with Crippen molar-refractivity contribution in [2.75, 3.05) is 13.2 Å². The molecule has 0 aliphatic rings. The molecule has 5 heteroatoms. The van der Waals surface area contributed by atoms with Gasteiger partial charge in [-0.1, -0.05) is 6.07 Å². The molecule has 1 heterocycles. The maximum Gasteiger partial charge on any atom is 0.258 e. The van der Waals surface area contributed by atoms with Gasteiger partial charge in [0.1, 0.15) is 0 Å². The lowest BCUT2D eigenvalue weighted by Crippen LogP contribution is -2.33. The summed E-state index contributed by atoms with van der Waals surface area (Å²) in [5, 5.41) is 0. The highest BCUT2D eigenvalue weighted by Crippen LogP contribution is 2.28. The molecule has 4 nitrogen and oxygen atoms in total. The molecule has 0 bridgehead atoms. The van der Waals surface area contributed by atoms with E-state index in [9.17, 15) is 9.18 Å². The first-order chi connectivity index (χ1) is 11.1. The number of ether oxygens (including phenoxy) is 1. The van der Waals surface area contributed by atoms with Crippen LogP contribution in [0, 0.1) is 5.82 Å². The Kier molecular flexibility index (Phi) is 5.68. The van der Waals surface area contributed by atoms with Crippen molar-refractivity contribution < 1.29 is 13.9 Å². The third kappa shape index (κ3) is 3.67. The van der Waals surface area contributed by atoms with Gasteiger partial charge in [-0.25, -0.2) is 4.39 Å². The fraction of sp³-hybridized carbons (Fsp3) is 0.333. The van der Waals surface area contributed by atoms with Crippen LogP contribution in [0.5, 0.6) is 5.75 Å². The number of halogens is 1. The van der Waals surface area contributed by atoms with Crippen LogP contribution in [-0.2, 0) is 0 Å². The van der Waals surface area contributed by atoms with Gasteiger partial charge < -0.3 is 9.64 Å². The molecule has 1 aromatic heterocycles. The molecule has 1 amide bonds. The molecule has 0 fully saturated rings. The van der Waals surface area contributed by atoms with Gasteiger partial charge in [0.15, 0.2) is 11.6 Å². The summed E-state index contributed by atoms with van der Waals surface area (Å²) in [7, 11) is 0. The van der Waals surface area contributed by atoms with Crippen LogP contribution in [0.15, 0.2) is 42.7 Å².